The number of piperidine rings is 1. The van der Waals surface area contributed by atoms with E-state index in [1.165, 1.54) is 11.1 Å². The van der Waals surface area contributed by atoms with Crippen molar-refractivity contribution in [2.45, 2.75) is 45.6 Å². The maximum absolute atomic E-state index is 13.0. The average molecular weight is 350 g/mol. The minimum Gasteiger partial charge on any atom is -0.355 e. The van der Waals surface area contributed by atoms with Crippen LogP contribution in [0.5, 0.6) is 0 Å². The molecule has 0 bridgehead atoms. The summed E-state index contributed by atoms with van der Waals surface area (Å²) in [5, 5.41) is 11.7. The Kier molecular flexibility index (Phi) is 4.39. The van der Waals surface area contributed by atoms with E-state index in [9.17, 15) is 4.79 Å². The quantitative estimate of drug-likeness (QED) is 0.925. The highest BCUT2D eigenvalue weighted by molar-refractivity contribution is 5.83. The summed E-state index contributed by atoms with van der Waals surface area (Å²) in [6.45, 7) is 5.72. The lowest BCUT2D eigenvalue weighted by atomic mass is 9.79. The highest BCUT2D eigenvalue weighted by atomic mass is 16.2. The smallest absolute Gasteiger partial charge is 0.226 e. The van der Waals surface area contributed by atoms with E-state index >= 15 is 0 Å². The Labute approximate surface area is 154 Å². The summed E-state index contributed by atoms with van der Waals surface area (Å²) >= 11 is 0. The van der Waals surface area contributed by atoms with Crippen LogP contribution in [0.4, 0.5) is 5.82 Å². The number of carbonyl (C=O) groups excluding carboxylic acids is 1. The van der Waals surface area contributed by atoms with Crippen LogP contribution in [0.2, 0.25) is 0 Å². The van der Waals surface area contributed by atoms with E-state index in [1.54, 1.807) is 0 Å². The molecule has 1 N–H and O–H groups in total. The van der Waals surface area contributed by atoms with Gasteiger partial charge in [0.05, 0.1) is 5.69 Å². The largest absolute Gasteiger partial charge is 0.355 e. The van der Waals surface area contributed by atoms with Gasteiger partial charge in [0.25, 0.3) is 0 Å². The molecule has 26 heavy (non-hydrogen) atoms. The van der Waals surface area contributed by atoms with Gasteiger partial charge in [-0.1, -0.05) is 31.2 Å². The summed E-state index contributed by atoms with van der Waals surface area (Å²) in [5.41, 5.74) is 3.36. The molecule has 2 aromatic rings. The van der Waals surface area contributed by atoms with E-state index in [4.69, 9.17) is 0 Å². The molecule has 0 atom stereocenters. The highest BCUT2D eigenvalue weighted by Gasteiger charge is 2.38. The molecule has 5 nitrogen and oxygen atoms in total. The fraction of sp³-hybridized carbons (Fsp3) is 0.476. The first-order valence-electron chi connectivity index (χ1n) is 9.46. The number of nitrogens with one attached hydrogen (secondary N) is 1. The van der Waals surface area contributed by atoms with Crippen LogP contribution in [0, 0.1) is 12.3 Å². The lowest BCUT2D eigenvalue weighted by Gasteiger charge is -2.39. The number of fused-ring (bicyclic) bond motifs is 1. The molecule has 4 rings (SSSR count). The predicted molar refractivity (Wildman–Crippen MR) is 102 cm³/mol. The van der Waals surface area contributed by atoms with Gasteiger partial charge in [0, 0.05) is 24.5 Å². The molecule has 0 radical (unpaired) electrons. The van der Waals surface area contributed by atoms with Gasteiger partial charge in [-0.05, 0) is 55.9 Å². The summed E-state index contributed by atoms with van der Waals surface area (Å²) in [4.78, 5) is 15.2. The Hall–Kier alpha value is -2.43. The van der Waals surface area contributed by atoms with Crippen molar-refractivity contribution in [1.82, 2.24) is 15.5 Å². The number of aromatic nitrogens is 2. The van der Waals surface area contributed by atoms with Crippen LogP contribution >= 0.6 is 0 Å². The predicted octanol–water partition coefficient (Wildman–Crippen LogP) is 2.68. The zero-order chi connectivity index (χ0) is 18.1. The third kappa shape index (κ3) is 3.30. The molecule has 1 amide bonds. The van der Waals surface area contributed by atoms with Gasteiger partial charge in [-0.15, -0.1) is 5.10 Å². The molecular formula is C21H26N4O. The zero-order valence-corrected chi connectivity index (χ0v) is 15.5. The molecule has 5 heteroatoms. The van der Waals surface area contributed by atoms with Crippen LogP contribution in [0.1, 0.15) is 36.6 Å². The first kappa shape index (κ1) is 17.0. The number of hydrogen-bond acceptors (Lipinski definition) is 4. The Bertz CT molecular complexity index is 769. The Morgan fingerprint density at radius 2 is 1.73 bits per heavy atom. The number of anilines is 1. The van der Waals surface area contributed by atoms with Gasteiger partial charge in [-0.2, -0.15) is 5.10 Å². The Morgan fingerprint density at radius 3 is 2.31 bits per heavy atom. The van der Waals surface area contributed by atoms with Gasteiger partial charge < -0.3 is 10.2 Å². The molecule has 1 aromatic heterocycles. The van der Waals surface area contributed by atoms with Crippen molar-refractivity contribution >= 4 is 11.7 Å². The summed E-state index contributed by atoms with van der Waals surface area (Å²) in [5.74, 6) is 1.11. The molecule has 2 aliphatic rings. The first-order valence-corrected chi connectivity index (χ1v) is 9.46. The summed E-state index contributed by atoms with van der Waals surface area (Å²) in [6.07, 6.45) is 3.58. The van der Waals surface area contributed by atoms with Gasteiger partial charge in [0.2, 0.25) is 5.91 Å². The number of amides is 1. The number of carbonyl (C=O) groups is 1. The van der Waals surface area contributed by atoms with Crippen LogP contribution in [0.15, 0.2) is 36.4 Å². The van der Waals surface area contributed by atoms with Crippen molar-refractivity contribution in [3.05, 3.63) is 53.2 Å². The highest BCUT2D eigenvalue weighted by Crippen LogP contribution is 2.33. The number of nitrogens with zero attached hydrogens (tertiary/aromatic N) is 3. The van der Waals surface area contributed by atoms with Crippen LogP contribution in [0.25, 0.3) is 0 Å². The molecule has 1 aliphatic heterocycles. The molecule has 1 aromatic carbocycles. The SMILES string of the molecule is Cc1ccc(N2CCC(C)(C(=O)NC3Cc4ccccc4C3)CC2)nn1. The van der Waals surface area contributed by atoms with Crippen LogP contribution in [0.3, 0.4) is 0 Å². The van der Waals surface area contributed by atoms with Gasteiger partial charge >= 0.3 is 0 Å². The lowest BCUT2D eigenvalue weighted by Crippen LogP contribution is -2.50. The summed E-state index contributed by atoms with van der Waals surface area (Å²) in [7, 11) is 0. The third-order valence-corrected chi connectivity index (χ3v) is 5.91. The van der Waals surface area contributed by atoms with E-state index < -0.39 is 0 Å². The standard InChI is InChI=1S/C21H26N4O/c1-15-7-8-19(24-23-15)25-11-9-21(2,10-12-25)20(26)22-18-13-16-5-3-4-6-17(16)14-18/h3-8,18H,9-14H2,1-2H3,(H,22,26). The van der Waals surface area contributed by atoms with Crippen molar-refractivity contribution in [3.63, 3.8) is 0 Å². The number of aryl methyl sites for hydroxylation is 1. The number of rotatable bonds is 3. The third-order valence-electron chi connectivity index (χ3n) is 5.91. The Balaban J connectivity index is 1.35. The van der Waals surface area contributed by atoms with E-state index in [-0.39, 0.29) is 17.4 Å². The van der Waals surface area contributed by atoms with Gasteiger partial charge in [-0.3, -0.25) is 4.79 Å². The minimum absolute atomic E-state index is 0.199. The van der Waals surface area contributed by atoms with Crippen molar-refractivity contribution in [2.24, 2.45) is 5.41 Å². The molecule has 1 aliphatic carbocycles. The molecule has 136 valence electrons. The monoisotopic (exact) mass is 350 g/mol. The van der Waals surface area contributed by atoms with Gasteiger partial charge in [0.15, 0.2) is 5.82 Å². The van der Waals surface area contributed by atoms with Crippen LogP contribution in [-0.4, -0.2) is 35.2 Å². The van der Waals surface area contributed by atoms with Crippen molar-refractivity contribution < 1.29 is 4.79 Å². The van der Waals surface area contributed by atoms with Crippen molar-refractivity contribution in [3.8, 4) is 0 Å². The number of hydrogen-bond donors (Lipinski definition) is 1. The lowest BCUT2D eigenvalue weighted by molar-refractivity contribution is -0.132. The maximum atomic E-state index is 13.0. The molecule has 1 saturated heterocycles. The van der Waals surface area contributed by atoms with Gasteiger partial charge in [0.1, 0.15) is 0 Å². The normalized spacial score (nSPS) is 19.2. The fourth-order valence-electron chi connectivity index (χ4n) is 4.04. The molecule has 1 fully saturated rings. The molecular weight excluding hydrogens is 324 g/mol. The second-order valence-electron chi connectivity index (χ2n) is 7.93. The fourth-order valence-corrected chi connectivity index (χ4v) is 4.04. The van der Waals surface area contributed by atoms with Crippen LogP contribution in [-0.2, 0) is 17.6 Å². The maximum Gasteiger partial charge on any atom is 0.226 e. The van der Waals surface area contributed by atoms with E-state index in [2.05, 4.69) is 51.6 Å². The Morgan fingerprint density at radius 1 is 1.08 bits per heavy atom. The first-order chi connectivity index (χ1) is 12.5. The summed E-state index contributed by atoms with van der Waals surface area (Å²) < 4.78 is 0. The van der Waals surface area contributed by atoms with Crippen molar-refractivity contribution in [2.75, 3.05) is 18.0 Å². The minimum atomic E-state index is -0.302. The van der Waals surface area contributed by atoms with E-state index in [1.807, 2.05) is 19.1 Å². The molecule has 2 heterocycles. The zero-order valence-electron chi connectivity index (χ0n) is 15.5. The van der Waals surface area contributed by atoms with Crippen LogP contribution < -0.4 is 10.2 Å². The van der Waals surface area contributed by atoms with E-state index in [0.717, 1.165) is 50.3 Å². The molecule has 0 saturated carbocycles. The number of benzene rings is 1. The summed E-state index contributed by atoms with van der Waals surface area (Å²) in [6, 6.07) is 12.7. The second-order valence-corrected chi connectivity index (χ2v) is 7.93. The van der Waals surface area contributed by atoms with Crippen molar-refractivity contribution in [1.29, 1.82) is 0 Å². The van der Waals surface area contributed by atoms with E-state index in [0.29, 0.717) is 0 Å². The van der Waals surface area contributed by atoms with Gasteiger partial charge in [-0.25, -0.2) is 0 Å². The topological polar surface area (TPSA) is 58.1 Å². The second kappa shape index (κ2) is 6.71. The molecule has 0 unspecified atom stereocenters. The molecule has 0 spiro atoms. The average Bonchev–Trinajstić information content (AvgIpc) is 3.05.